The van der Waals surface area contributed by atoms with Crippen LogP contribution >= 0.6 is 23.2 Å². The Morgan fingerprint density at radius 3 is 2.37 bits per heavy atom. The SMILES string of the molecule is CCCC(C)(C)N(NC(=O)Nc1ccccn1)C(=O)c1cc(Cl)cc(Cl)c1. The minimum atomic E-state index is -0.637. The van der Waals surface area contributed by atoms with E-state index in [-0.39, 0.29) is 5.56 Å². The van der Waals surface area contributed by atoms with Crippen LogP contribution in [-0.4, -0.2) is 27.5 Å². The van der Waals surface area contributed by atoms with Crippen molar-refractivity contribution in [3.63, 3.8) is 0 Å². The highest BCUT2D eigenvalue weighted by Crippen LogP contribution is 2.25. The Morgan fingerprint density at radius 2 is 1.81 bits per heavy atom. The fourth-order valence-corrected chi connectivity index (χ4v) is 3.22. The Kier molecular flexibility index (Phi) is 7.05. The molecule has 0 fully saturated rings. The van der Waals surface area contributed by atoms with Gasteiger partial charge in [-0.1, -0.05) is 42.6 Å². The molecule has 0 bridgehead atoms. The number of carbonyl (C=O) groups is 2. The number of hydrogen-bond acceptors (Lipinski definition) is 3. The van der Waals surface area contributed by atoms with E-state index in [2.05, 4.69) is 15.7 Å². The number of hydrogen-bond donors (Lipinski definition) is 2. The van der Waals surface area contributed by atoms with Crippen LogP contribution in [0.4, 0.5) is 10.6 Å². The lowest BCUT2D eigenvalue weighted by molar-refractivity contribution is 0.0391. The number of hydrazine groups is 1. The average molecular weight is 409 g/mol. The first-order valence-electron chi connectivity index (χ1n) is 8.52. The van der Waals surface area contributed by atoms with Crippen molar-refractivity contribution < 1.29 is 9.59 Å². The lowest BCUT2D eigenvalue weighted by atomic mass is 9.97. The Morgan fingerprint density at radius 1 is 1.15 bits per heavy atom. The predicted molar refractivity (Wildman–Crippen MR) is 108 cm³/mol. The van der Waals surface area contributed by atoms with Gasteiger partial charge in [-0.05, 0) is 50.6 Å². The van der Waals surface area contributed by atoms with Crippen molar-refractivity contribution in [2.24, 2.45) is 0 Å². The Labute approximate surface area is 168 Å². The third kappa shape index (κ3) is 5.84. The van der Waals surface area contributed by atoms with E-state index < -0.39 is 17.5 Å². The number of amides is 3. The molecule has 6 nitrogen and oxygen atoms in total. The summed E-state index contributed by atoms with van der Waals surface area (Å²) in [5.74, 6) is -0.0319. The molecule has 1 aromatic heterocycles. The number of nitrogens with one attached hydrogen (secondary N) is 2. The van der Waals surface area contributed by atoms with Gasteiger partial charge in [0.15, 0.2) is 0 Å². The highest BCUT2D eigenvalue weighted by Gasteiger charge is 2.33. The fraction of sp³-hybridized carbons (Fsp3) is 0.316. The zero-order valence-corrected chi connectivity index (χ0v) is 16.9. The summed E-state index contributed by atoms with van der Waals surface area (Å²) in [7, 11) is 0. The van der Waals surface area contributed by atoms with Crippen molar-refractivity contribution in [1.29, 1.82) is 0 Å². The van der Waals surface area contributed by atoms with Crippen LogP contribution in [-0.2, 0) is 0 Å². The summed E-state index contributed by atoms with van der Waals surface area (Å²) in [6.07, 6.45) is 3.07. The van der Waals surface area contributed by atoms with Crippen LogP contribution in [0, 0.1) is 0 Å². The molecule has 0 atom stereocenters. The summed E-state index contributed by atoms with van der Waals surface area (Å²) in [6, 6.07) is 9.15. The topological polar surface area (TPSA) is 74.3 Å². The Bertz CT molecular complexity index is 792. The summed E-state index contributed by atoms with van der Waals surface area (Å²) in [6.45, 7) is 5.76. The van der Waals surface area contributed by atoms with Gasteiger partial charge in [0.1, 0.15) is 5.82 Å². The maximum Gasteiger partial charge on any atom is 0.339 e. The number of halogens is 2. The number of benzene rings is 1. The van der Waals surface area contributed by atoms with Gasteiger partial charge in [0.05, 0.1) is 5.54 Å². The van der Waals surface area contributed by atoms with E-state index in [1.165, 1.54) is 17.1 Å². The zero-order valence-electron chi connectivity index (χ0n) is 15.4. The summed E-state index contributed by atoms with van der Waals surface area (Å²) in [5, 5.41) is 4.60. The molecular weight excluding hydrogens is 387 g/mol. The molecule has 0 unspecified atom stereocenters. The van der Waals surface area contributed by atoms with Gasteiger partial charge in [0.25, 0.3) is 5.91 Å². The predicted octanol–water partition coefficient (Wildman–Crippen LogP) is 5.15. The standard InChI is InChI=1S/C19H22Cl2N4O2/c1-4-8-19(2,3)25(17(26)13-10-14(20)12-15(21)11-13)24-18(27)23-16-7-5-6-9-22-16/h5-7,9-12H,4,8H2,1-3H3,(H2,22,23,24,27). The number of aromatic nitrogens is 1. The molecule has 0 aliphatic heterocycles. The van der Waals surface area contributed by atoms with Gasteiger partial charge in [-0.15, -0.1) is 0 Å². The molecule has 2 rings (SSSR count). The summed E-state index contributed by atoms with van der Waals surface area (Å²) < 4.78 is 0. The van der Waals surface area contributed by atoms with Gasteiger partial charge in [-0.25, -0.2) is 20.2 Å². The van der Waals surface area contributed by atoms with Crippen molar-refractivity contribution in [2.75, 3.05) is 5.32 Å². The van der Waals surface area contributed by atoms with Crippen LogP contribution in [0.3, 0.4) is 0 Å². The van der Waals surface area contributed by atoms with E-state index in [9.17, 15) is 9.59 Å². The van der Waals surface area contributed by atoms with E-state index in [1.807, 2.05) is 20.8 Å². The number of carbonyl (C=O) groups excluding carboxylic acids is 2. The van der Waals surface area contributed by atoms with Crippen LogP contribution in [0.15, 0.2) is 42.6 Å². The molecule has 2 N–H and O–H groups in total. The zero-order chi connectivity index (χ0) is 20.0. The van der Waals surface area contributed by atoms with Gasteiger partial charge in [-0.3, -0.25) is 10.1 Å². The molecule has 8 heteroatoms. The van der Waals surface area contributed by atoms with E-state index in [4.69, 9.17) is 23.2 Å². The van der Waals surface area contributed by atoms with Crippen molar-refractivity contribution in [3.05, 3.63) is 58.2 Å². The van der Waals surface area contributed by atoms with Gasteiger partial charge < -0.3 is 0 Å². The van der Waals surface area contributed by atoms with Crippen molar-refractivity contribution in [3.8, 4) is 0 Å². The van der Waals surface area contributed by atoms with Crippen LogP contribution in [0.1, 0.15) is 44.0 Å². The lowest BCUT2D eigenvalue weighted by Crippen LogP contribution is -2.58. The smallest absolute Gasteiger partial charge is 0.291 e. The van der Waals surface area contributed by atoms with Crippen LogP contribution in [0.2, 0.25) is 10.0 Å². The quantitative estimate of drug-likeness (QED) is 0.671. The molecular formula is C19H22Cl2N4O2. The molecule has 144 valence electrons. The lowest BCUT2D eigenvalue weighted by Gasteiger charge is -2.38. The van der Waals surface area contributed by atoms with Crippen LogP contribution in [0.25, 0.3) is 0 Å². The normalized spacial score (nSPS) is 11.0. The van der Waals surface area contributed by atoms with Gasteiger partial charge in [0, 0.05) is 21.8 Å². The largest absolute Gasteiger partial charge is 0.339 e. The molecule has 0 spiro atoms. The van der Waals surface area contributed by atoms with Crippen molar-refractivity contribution in [2.45, 2.75) is 39.2 Å². The number of urea groups is 1. The monoisotopic (exact) mass is 408 g/mol. The highest BCUT2D eigenvalue weighted by molar-refractivity contribution is 6.35. The number of pyridine rings is 1. The summed E-state index contributed by atoms with van der Waals surface area (Å²) in [4.78, 5) is 29.6. The molecule has 0 radical (unpaired) electrons. The minimum absolute atomic E-state index is 0.287. The average Bonchev–Trinajstić information content (AvgIpc) is 2.59. The van der Waals surface area contributed by atoms with Crippen LogP contribution < -0.4 is 10.7 Å². The van der Waals surface area contributed by atoms with Gasteiger partial charge in [-0.2, -0.15) is 0 Å². The maximum absolute atomic E-state index is 13.1. The highest BCUT2D eigenvalue weighted by atomic mass is 35.5. The molecule has 0 saturated carbocycles. The third-order valence-electron chi connectivity index (χ3n) is 3.90. The third-order valence-corrected chi connectivity index (χ3v) is 4.34. The van der Waals surface area contributed by atoms with Gasteiger partial charge >= 0.3 is 6.03 Å². The second-order valence-corrected chi connectivity index (χ2v) is 7.51. The van der Waals surface area contributed by atoms with Crippen molar-refractivity contribution in [1.82, 2.24) is 15.4 Å². The van der Waals surface area contributed by atoms with E-state index in [0.29, 0.717) is 22.3 Å². The summed E-state index contributed by atoms with van der Waals surface area (Å²) >= 11 is 12.0. The first-order chi connectivity index (χ1) is 12.7. The molecule has 1 aromatic carbocycles. The molecule has 3 amide bonds. The maximum atomic E-state index is 13.1. The van der Waals surface area contributed by atoms with E-state index in [1.54, 1.807) is 30.5 Å². The molecule has 2 aromatic rings. The first kappa shape index (κ1) is 21.0. The molecule has 0 aliphatic carbocycles. The molecule has 1 heterocycles. The fourth-order valence-electron chi connectivity index (χ4n) is 2.69. The van der Waals surface area contributed by atoms with Gasteiger partial charge in [0.2, 0.25) is 0 Å². The second-order valence-electron chi connectivity index (χ2n) is 6.64. The second kappa shape index (κ2) is 9.06. The summed E-state index contributed by atoms with van der Waals surface area (Å²) in [5.41, 5.74) is 2.29. The minimum Gasteiger partial charge on any atom is -0.291 e. The number of anilines is 1. The van der Waals surface area contributed by atoms with E-state index in [0.717, 1.165) is 6.42 Å². The Hall–Kier alpha value is -2.31. The molecule has 0 aliphatic rings. The van der Waals surface area contributed by atoms with Crippen molar-refractivity contribution >= 4 is 41.0 Å². The van der Waals surface area contributed by atoms with Crippen LogP contribution in [0.5, 0.6) is 0 Å². The number of nitrogens with zero attached hydrogens (tertiary/aromatic N) is 2. The first-order valence-corrected chi connectivity index (χ1v) is 9.28. The molecule has 27 heavy (non-hydrogen) atoms. The molecule has 0 saturated heterocycles. The van der Waals surface area contributed by atoms with E-state index >= 15 is 0 Å². The Balaban J connectivity index is 2.28. The number of rotatable bonds is 5.